The maximum absolute atomic E-state index is 12.0. The monoisotopic (exact) mass is 314 g/mol. The SMILES string of the molecule is Cl.NCC1CCCCC1NC(=O)CSc1ccccc1. The molecule has 1 fully saturated rings. The molecule has 0 spiro atoms. The summed E-state index contributed by atoms with van der Waals surface area (Å²) in [4.78, 5) is 13.1. The van der Waals surface area contributed by atoms with E-state index in [1.165, 1.54) is 12.8 Å². The molecular formula is C15H23ClN2OS. The summed E-state index contributed by atoms with van der Waals surface area (Å²) in [6.45, 7) is 0.677. The van der Waals surface area contributed by atoms with Crippen molar-refractivity contribution in [1.29, 1.82) is 0 Å². The second-order valence-electron chi connectivity index (χ2n) is 5.06. The lowest BCUT2D eigenvalue weighted by atomic mass is 9.84. The van der Waals surface area contributed by atoms with Crippen molar-refractivity contribution in [3.05, 3.63) is 30.3 Å². The van der Waals surface area contributed by atoms with Gasteiger partial charge in [0.15, 0.2) is 0 Å². The second kappa shape index (κ2) is 9.27. The minimum Gasteiger partial charge on any atom is -0.352 e. The number of nitrogens with two attached hydrogens (primary N) is 1. The standard InChI is InChI=1S/C15H22N2OS.ClH/c16-10-12-6-4-5-9-14(12)17-15(18)11-19-13-7-2-1-3-8-13;/h1-3,7-8,12,14H,4-6,9-11,16H2,(H,17,18);1H. The van der Waals surface area contributed by atoms with Crippen LogP contribution in [0, 0.1) is 5.92 Å². The van der Waals surface area contributed by atoms with E-state index in [0.717, 1.165) is 17.7 Å². The van der Waals surface area contributed by atoms with E-state index < -0.39 is 0 Å². The predicted octanol–water partition coefficient (Wildman–Crippen LogP) is 2.83. The number of carbonyl (C=O) groups is 1. The van der Waals surface area contributed by atoms with Crippen molar-refractivity contribution >= 4 is 30.1 Å². The molecule has 0 heterocycles. The van der Waals surface area contributed by atoms with Crippen LogP contribution in [0.4, 0.5) is 0 Å². The average Bonchev–Trinajstić information content (AvgIpc) is 2.47. The van der Waals surface area contributed by atoms with E-state index in [1.807, 2.05) is 30.3 Å². The van der Waals surface area contributed by atoms with E-state index in [2.05, 4.69) is 5.32 Å². The summed E-state index contributed by atoms with van der Waals surface area (Å²) in [7, 11) is 0. The Morgan fingerprint density at radius 2 is 1.95 bits per heavy atom. The number of rotatable bonds is 5. The van der Waals surface area contributed by atoms with Crippen molar-refractivity contribution in [1.82, 2.24) is 5.32 Å². The number of amides is 1. The van der Waals surface area contributed by atoms with Gasteiger partial charge in [0, 0.05) is 10.9 Å². The molecule has 0 bridgehead atoms. The van der Waals surface area contributed by atoms with Crippen molar-refractivity contribution in [2.75, 3.05) is 12.3 Å². The lowest BCUT2D eigenvalue weighted by Gasteiger charge is -2.31. The molecule has 2 unspecified atom stereocenters. The van der Waals surface area contributed by atoms with Crippen molar-refractivity contribution in [2.24, 2.45) is 11.7 Å². The molecule has 0 aliphatic heterocycles. The summed E-state index contributed by atoms with van der Waals surface area (Å²) in [5.41, 5.74) is 5.78. The third-order valence-corrected chi connectivity index (χ3v) is 4.68. The molecule has 0 saturated heterocycles. The Morgan fingerprint density at radius 3 is 2.65 bits per heavy atom. The Kier molecular flexibility index (Phi) is 8.04. The predicted molar refractivity (Wildman–Crippen MR) is 87.4 cm³/mol. The molecule has 0 aromatic heterocycles. The largest absolute Gasteiger partial charge is 0.352 e. The zero-order chi connectivity index (χ0) is 13.5. The van der Waals surface area contributed by atoms with Crippen LogP contribution in [-0.4, -0.2) is 24.2 Å². The Bertz CT molecular complexity index is 402. The molecule has 1 aliphatic rings. The Morgan fingerprint density at radius 1 is 1.25 bits per heavy atom. The third kappa shape index (κ3) is 5.35. The molecule has 1 aromatic carbocycles. The van der Waals surface area contributed by atoms with E-state index in [1.54, 1.807) is 11.8 Å². The van der Waals surface area contributed by atoms with Gasteiger partial charge in [-0.15, -0.1) is 24.2 Å². The van der Waals surface area contributed by atoms with Gasteiger partial charge in [0.2, 0.25) is 5.91 Å². The smallest absolute Gasteiger partial charge is 0.230 e. The highest BCUT2D eigenvalue weighted by Crippen LogP contribution is 2.24. The zero-order valence-electron chi connectivity index (χ0n) is 11.6. The molecule has 5 heteroatoms. The van der Waals surface area contributed by atoms with Gasteiger partial charge in [-0.1, -0.05) is 31.0 Å². The minimum atomic E-state index is 0. The van der Waals surface area contributed by atoms with Crippen LogP contribution in [0.15, 0.2) is 35.2 Å². The van der Waals surface area contributed by atoms with Gasteiger partial charge in [-0.2, -0.15) is 0 Å². The fourth-order valence-electron chi connectivity index (χ4n) is 2.59. The highest BCUT2D eigenvalue weighted by atomic mass is 35.5. The van der Waals surface area contributed by atoms with Gasteiger partial charge in [0.25, 0.3) is 0 Å². The van der Waals surface area contributed by atoms with E-state index in [-0.39, 0.29) is 24.4 Å². The van der Waals surface area contributed by atoms with Gasteiger partial charge in [-0.05, 0) is 37.4 Å². The summed E-state index contributed by atoms with van der Waals surface area (Å²) in [5, 5.41) is 3.15. The van der Waals surface area contributed by atoms with Gasteiger partial charge in [-0.3, -0.25) is 4.79 Å². The number of nitrogens with one attached hydrogen (secondary N) is 1. The lowest BCUT2D eigenvalue weighted by Crippen LogP contribution is -2.45. The molecule has 2 atom stereocenters. The van der Waals surface area contributed by atoms with E-state index >= 15 is 0 Å². The van der Waals surface area contributed by atoms with Crippen LogP contribution in [0.3, 0.4) is 0 Å². The molecule has 0 radical (unpaired) electrons. The molecule has 1 aromatic rings. The first kappa shape index (κ1) is 17.3. The van der Waals surface area contributed by atoms with Crippen LogP contribution in [0.25, 0.3) is 0 Å². The molecule has 20 heavy (non-hydrogen) atoms. The Hall–Kier alpha value is -0.710. The zero-order valence-corrected chi connectivity index (χ0v) is 13.2. The molecule has 2 rings (SSSR count). The van der Waals surface area contributed by atoms with Crippen LogP contribution < -0.4 is 11.1 Å². The Balaban J connectivity index is 0.00000200. The molecule has 112 valence electrons. The normalized spacial score (nSPS) is 21.9. The molecule has 1 saturated carbocycles. The average molecular weight is 315 g/mol. The summed E-state index contributed by atoms with van der Waals surface area (Å²) in [5.74, 6) is 1.07. The van der Waals surface area contributed by atoms with Crippen LogP contribution >= 0.6 is 24.2 Å². The maximum atomic E-state index is 12.0. The topological polar surface area (TPSA) is 55.1 Å². The van der Waals surface area contributed by atoms with Crippen LogP contribution in [-0.2, 0) is 4.79 Å². The highest BCUT2D eigenvalue weighted by molar-refractivity contribution is 8.00. The summed E-state index contributed by atoms with van der Waals surface area (Å²) in [6, 6.07) is 10.3. The fraction of sp³-hybridized carbons (Fsp3) is 0.533. The molecule has 3 nitrogen and oxygen atoms in total. The van der Waals surface area contributed by atoms with E-state index in [9.17, 15) is 4.79 Å². The molecule has 1 aliphatic carbocycles. The van der Waals surface area contributed by atoms with Crippen LogP contribution in [0.2, 0.25) is 0 Å². The van der Waals surface area contributed by atoms with Crippen LogP contribution in [0.5, 0.6) is 0 Å². The first-order valence-electron chi connectivity index (χ1n) is 6.97. The van der Waals surface area contributed by atoms with Crippen molar-refractivity contribution < 1.29 is 4.79 Å². The highest BCUT2D eigenvalue weighted by Gasteiger charge is 2.25. The fourth-order valence-corrected chi connectivity index (χ4v) is 3.32. The third-order valence-electron chi connectivity index (χ3n) is 3.67. The minimum absolute atomic E-state index is 0. The van der Waals surface area contributed by atoms with Crippen molar-refractivity contribution in [3.8, 4) is 0 Å². The number of thioether (sulfide) groups is 1. The maximum Gasteiger partial charge on any atom is 0.230 e. The quantitative estimate of drug-likeness (QED) is 0.822. The first-order chi connectivity index (χ1) is 9.29. The van der Waals surface area contributed by atoms with Gasteiger partial charge in [0.05, 0.1) is 5.75 Å². The van der Waals surface area contributed by atoms with Gasteiger partial charge >= 0.3 is 0 Å². The van der Waals surface area contributed by atoms with Crippen molar-refractivity contribution in [2.45, 2.75) is 36.6 Å². The van der Waals surface area contributed by atoms with E-state index in [4.69, 9.17) is 5.73 Å². The summed E-state index contributed by atoms with van der Waals surface area (Å²) in [6.07, 6.45) is 4.66. The summed E-state index contributed by atoms with van der Waals surface area (Å²) >= 11 is 1.58. The second-order valence-corrected chi connectivity index (χ2v) is 6.10. The number of benzene rings is 1. The van der Waals surface area contributed by atoms with Gasteiger partial charge in [-0.25, -0.2) is 0 Å². The number of halogens is 1. The van der Waals surface area contributed by atoms with E-state index in [0.29, 0.717) is 18.2 Å². The lowest BCUT2D eigenvalue weighted by molar-refractivity contribution is -0.119. The number of carbonyl (C=O) groups excluding carboxylic acids is 1. The summed E-state index contributed by atoms with van der Waals surface area (Å²) < 4.78 is 0. The van der Waals surface area contributed by atoms with Gasteiger partial charge in [0.1, 0.15) is 0 Å². The molecule has 1 amide bonds. The first-order valence-corrected chi connectivity index (χ1v) is 7.95. The van der Waals surface area contributed by atoms with Gasteiger partial charge < -0.3 is 11.1 Å². The van der Waals surface area contributed by atoms with Crippen molar-refractivity contribution in [3.63, 3.8) is 0 Å². The van der Waals surface area contributed by atoms with Crippen LogP contribution in [0.1, 0.15) is 25.7 Å². The molecule has 3 N–H and O–H groups in total. The number of hydrogen-bond donors (Lipinski definition) is 2. The Labute approximate surface area is 131 Å². The molecular weight excluding hydrogens is 292 g/mol. The number of hydrogen-bond acceptors (Lipinski definition) is 3.